The minimum absolute atomic E-state index is 0.596. The molecule has 0 fully saturated rings. The third kappa shape index (κ3) is 4.21. The average Bonchev–Trinajstić information content (AvgIpc) is 2.30. The molecule has 0 heterocycles. The van der Waals surface area contributed by atoms with Gasteiger partial charge < -0.3 is 9.05 Å². The van der Waals surface area contributed by atoms with Crippen LogP contribution in [-0.2, 0) is 13.6 Å². The van der Waals surface area contributed by atoms with Gasteiger partial charge in [0.05, 0.1) is 0 Å². The van der Waals surface area contributed by atoms with Crippen LogP contribution in [0.5, 0.6) is 0 Å². The quantitative estimate of drug-likeness (QED) is 0.773. The van der Waals surface area contributed by atoms with Gasteiger partial charge in [-0.3, -0.25) is 4.89 Å². The number of phosphoric acid groups is 1. The fourth-order valence-corrected chi connectivity index (χ4v) is 3.06. The van der Waals surface area contributed by atoms with E-state index in [0.29, 0.717) is 11.5 Å². The van der Waals surface area contributed by atoms with Crippen molar-refractivity contribution in [2.75, 3.05) is 0 Å². The van der Waals surface area contributed by atoms with E-state index in [0.717, 1.165) is 51.4 Å². The van der Waals surface area contributed by atoms with Crippen molar-refractivity contribution in [3.8, 4) is 0 Å². The summed E-state index contributed by atoms with van der Waals surface area (Å²) in [6, 6.07) is 0. The van der Waals surface area contributed by atoms with Crippen molar-refractivity contribution in [3.63, 3.8) is 0 Å². The predicted octanol–water partition coefficient (Wildman–Crippen LogP) is 4.04. The molecule has 17 heavy (non-hydrogen) atoms. The van der Waals surface area contributed by atoms with Crippen LogP contribution >= 0.6 is 7.82 Å². The van der Waals surface area contributed by atoms with E-state index in [1.54, 1.807) is 0 Å². The summed E-state index contributed by atoms with van der Waals surface area (Å²) in [5.41, 5.74) is 0. The number of phosphoric ester groups is 1. The SMILES string of the molecule is O=P(O)(OC1=CCCCC1)OC1=CCCCC1. The normalized spacial score (nSPS) is 21.5. The molecule has 0 saturated heterocycles. The maximum Gasteiger partial charge on any atom is 0.584 e. The average molecular weight is 258 g/mol. The van der Waals surface area contributed by atoms with Crippen molar-refractivity contribution >= 4 is 7.82 Å². The van der Waals surface area contributed by atoms with Crippen LogP contribution in [0.1, 0.15) is 51.4 Å². The Hall–Kier alpha value is -0.730. The van der Waals surface area contributed by atoms with Crippen molar-refractivity contribution in [1.82, 2.24) is 0 Å². The molecule has 0 aliphatic heterocycles. The second kappa shape index (κ2) is 5.74. The fraction of sp³-hybridized carbons (Fsp3) is 0.667. The van der Waals surface area contributed by atoms with Crippen LogP contribution in [0.25, 0.3) is 0 Å². The molecule has 5 heteroatoms. The summed E-state index contributed by atoms with van der Waals surface area (Å²) in [7, 11) is -3.97. The molecule has 0 spiro atoms. The van der Waals surface area contributed by atoms with Gasteiger partial charge in [0.2, 0.25) is 0 Å². The Bertz CT molecular complexity index is 341. The number of hydrogen-bond donors (Lipinski definition) is 1. The van der Waals surface area contributed by atoms with Crippen molar-refractivity contribution in [1.29, 1.82) is 0 Å². The lowest BCUT2D eigenvalue weighted by atomic mass is 10.1. The first-order chi connectivity index (χ1) is 8.16. The molecule has 0 saturated carbocycles. The molecular weight excluding hydrogens is 239 g/mol. The molecule has 2 aliphatic rings. The Morgan fingerprint density at radius 3 is 1.76 bits per heavy atom. The highest BCUT2D eigenvalue weighted by Crippen LogP contribution is 2.50. The Kier molecular flexibility index (Phi) is 4.30. The number of hydrogen-bond acceptors (Lipinski definition) is 3. The smallest absolute Gasteiger partial charge is 0.400 e. The van der Waals surface area contributed by atoms with Crippen LogP contribution < -0.4 is 0 Å². The maximum absolute atomic E-state index is 11.8. The summed E-state index contributed by atoms with van der Waals surface area (Å²) in [6.07, 6.45) is 11.3. The van der Waals surface area contributed by atoms with E-state index >= 15 is 0 Å². The van der Waals surface area contributed by atoms with Crippen molar-refractivity contribution in [2.45, 2.75) is 51.4 Å². The lowest BCUT2D eigenvalue weighted by Crippen LogP contribution is -2.01. The van der Waals surface area contributed by atoms with Gasteiger partial charge in [0.15, 0.2) is 0 Å². The van der Waals surface area contributed by atoms with Gasteiger partial charge in [0.25, 0.3) is 0 Å². The molecule has 0 bridgehead atoms. The molecular formula is C12H19O4P. The molecule has 0 radical (unpaired) electrons. The third-order valence-electron chi connectivity index (χ3n) is 2.96. The first kappa shape index (κ1) is 12.7. The Morgan fingerprint density at radius 2 is 1.41 bits per heavy atom. The molecule has 0 unspecified atom stereocenters. The molecule has 1 N–H and O–H groups in total. The molecule has 0 amide bonds. The van der Waals surface area contributed by atoms with E-state index in [9.17, 15) is 9.46 Å². The van der Waals surface area contributed by atoms with Crippen LogP contribution in [0, 0.1) is 0 Å². The largest absolute Gasteiger partial charge is 0.584 e. The van der Waals surface area contributed by atoms with E-state index in [4.69, 9.17) is 9.05 Å². The van der Waals surface area contributed by atoms with Crippen molar-refractivity contribution in [3.05, 3.63) is 23.7 Å². The summed E-state index contributed by atoms with van der Waals surface area (Å²) < 4.78 is 22.0. The maximum atomic E-state index is 11.8. The Morgan fingerprint density at radius 1 is 0.941 bits per heavy atom. The Balaban J connectivity index is 1.91. The van der Waals surface area contributed by atoms with Gasteiger partial charge in [-0.1, -0.05) is 0 Å². The second-order valence-corrected chi connectivity index (χ2v) is 5.79. The van der Waals surface area contributed by atoms with Gasteiger partial charge in [-0.2, -0.15) is 0 Å². The fourth-order valence-electron chi connectivity index (χ4n) is 2.10. The van der Waals surface area contributed by atoms with E-state index < -0.39 is 7.82 Å². The lowest BCUT2D eigenvalue weighted by Gasteiger charge is -2.20. The standard InChI is InChI=1S/C12H19O4P/c13-17(14,15-11-7-3-1-4-8-11)16-12-9-5-2-6-10-12/h7,9H,1-6,8,10H2,(H,13,14). The van der Waals surface area contributed by atoms with Crippen LogP contribution in [-0.4, -0.2) is 4.89 Å². The third-order valence-corrected chi connectivity index (χ3v) is 3.89. The first-order valence-corrected chi connectivity index (χ1v) is 7.75. The zero-order chi connectivity index (χ0) is 12.1. The van der Waals surface area contributed by atoms with E-state index in [1.165, 1.54) is 0 Å². The lowest BCUT2D eigenvalue weighted by molar-refractivity contribution is 0.201. The van der Waals surface area contributed by atoms with Gasteiger partial charge in [-0.25, -0.2) is 4.57 Å². The summed E-state index contributed by atoms with van der Waals surface area (Å²) in [6.45, 7) is 0. The van der Waals surface area contributed by atoms with Crippen LogP contribution in [0.15, 0.2) is 23.7 Å². The van der Waals surface area contributed by atoms with Gasteiger partial charge >= 0.3 is 7.82 Å². The Labute approximate surface area is 102 Å². The number of allylic oxidation sites excluding steroid dienone is 4. The topological polar surface area (TPSA) is 55.8 Å². The van der Waals surface area contributed by atoms with E-state index in [1.807, 2.05) is 12.2 Å². The molecule has 96 valence electrons. The molecule has 0 aromatic heterocycles. The molecule has 0 aromatic carbocycles. The highest BCUT2D eigenvalue weighted by atomic mass is 31.2. The molecule has 2 aliphatic carbocycles. The van der Waals surface area contributed by atoms with Gasteiger partial charge in [-0.15, -0.1) is 0 Å². The highest BCUT2D eigenvalue weighted by molar-refractivity contribution is 7.47. The molecule has 0 aromatic rings. The molecule has 4 nitrogen and oxygen atoms in total. The zero-order valence-electron chi connectivity index (χ0n) is 9.93. The summed E-state index contributed by atoms with van der Waals surface area (Å²) in [5, 5.41) is 0. The van der Waals surface area contributed by atoms with Gasteiger partial charge in [-0.05, 0) is 50.7 Å². The van der Waals surface area contributed by atoms with Crippen LogP contribution in [0.4, 0.5) is 0 Å². The second-order valence-electron chi connectivity index (χ2n) is 4.48. The number of rotatable bonds is 4. The summed E-state index contributed by atoms with van der Waals surface area (Å²) in [4.78, 5) is 9.65. The zero-order valence-corrected chi connectivity index (χ0v) is 10.8. The van der Waals surface area contributed by atoms with Crippen molar-refractivity contribution in [2.24, 2.45) is 0 Å². The highest BCUT2D eigenvalue weighted by Gasteiger charge is 2.27. The predicted molar refractivity (Wildman–Crippen MR) is 65.1 cm³/mol. The van der Waals surface area contributed by atoms with Crippen molar-refractivity contribution < 1.29 is 18.5 Å². The summed E-state index contributed by atoms with van der Waals surface area (Å²) >= 11 is 0. The summed E-state index contributed by atoms with van der Waals surface area (Å²) in [5.74, 6) is 1.19. The minimum atomic E-state index is -3.97. The molecule has 2 rings (SSSR count). The van der Waals surface area contributed by atoms with Gasteiger partial charge in [0, 0.05) is 12.8 Å². The van der Waals surface area contributed by atoms with E-state index in [2.05, 4.69) is 0 Å². The minimum Gasteiger partial charge on any atom is -0.400 e. The van der Waals surface area contributed by atoms with Crippen LogP contribution in [0.2, 0.25) is 0 Å². The van der Waals surface area contributed by atoms with Crippen LogP contribution in [0.3, 0.4) is 0 Å². The van der Waals surface area contributed by atoms with E-state index in [-0.39, 0.29) is 0 Å². The first-order valence-electron chi connectivity index (χ1n) is 6.26. The molecule has 0 atom stereocenters. The van der Waals surface area contributed by atoms with Gasteiger partial charge in [0.1, 0.15) is 11.5 Å². The monoisotopic (exact) mass is 258 g/mol.